The Morgan fingerprint density at radius 1 is 1.50 bits per heavy atom. The van der Waals surface area contributed by atoms with Gasteiger partial charge in [0.1, 0.15) is 0 Å². The highest BCUT2D eigenvalue weighted by atomic mass is 32.1. The van der Waals surface area contributed by atoms with E-state index >= 15 is 0 Å². The van der Waals surface area contributed by atoms with E-state index in [0.717, 1.165) is 14.5 Å². The molecule has 6 heteroatoms. The maximum absolute atomic E-state index is 12.2. The minimum atomic E-state index is 0.0467. The van der Waals surface area contributed by atoms with Gasteiger partial charge in [-0.1, -0.05) is 19.9 Å². The quantitative estimate of drug-likeness (QED) is 0.808. The number of thiazole rings is 1. The zero-order chi connectivity index (χ0) is 14.7. The number of carbonyl (C=O) groups excluding carboxylic acids is 1. The fourth-order valence-corrected chi connectivity index (χ4v) is 4.25. The molecule has 2 rings (SSSR count). The topological polar surface area (TPSA) is 44.9 Å². The first-order valence-electron chi connectivity index (χ1n) is 6.48. The zero-order valence-electron chi connectivity index (χ0n) is 11.7. The molecule has 0 saturated heterocycles. The van der Waals surface area contributed by atoms with Gasteiger partial charge in [0, 0.05) is 15.4 Å². The Morgan fingerprint density at radius 3 is 2.75 bits per heavy atom. The van der Waals surface area contributed by atoms with Crippen molar-refractivity contribution in [2.75, 3.05) is 0 Å². The molecule has 0 saturated carbocycles. The Balaban J connectivity index is 2.06. The summed E-state index contributed by atoms with van der Waals surface area (Å²) in [6, 6.07) is 4.17. The fourth-order valence-electron chi connectivity index (χ4n) is 2.01. The second-order valence-electron chi connectivity index (χ2n) is 5.04. The number of amides is 1. The van der Waals surface area contributed by atoms with Crippen LogP contribution in [0.25, 0.3) is 0 Å². The Hall–Kier alpha value is -0.980. The van der Waals surface area contributed by atoms with Crippen LogP contribution >= 0.6 is 34.9 Å². The van der Waals surface area contributed by atoms with Gasteiger partial charge in [-0.15, -0.1) is 22.7 Å². The largest absolute Gasteiger partial charge is 0.348 e. The molecule has 2 heterocycles. The Kier molecular flexibility index (Phi) is 5.12. The number of aromatic nitrogens is 1. The van der Waals surface area contributed by atoms with Gasteiger partial charge >= 0.3 is 0 Å². The molecule has 0 aliphatic rings. The molecule has 0 aromatic carbocycles. The summed E-state index contributed by atoms with van der Waals surface area (Å²) in [5.41, 5.74) is 0.993. The van der Waals surface area contributed by atoms with Gasteiger partial charge in [-0.05, 0) is 36.5 Å². The number of nitrogens with one attached hydrogen (secondary N) is 2. The molecular weight excluding hydrogens is 308 g/mol. The lowest BCUT2D eigenvalue weighted by Crippen LogP contribution is -2.32. The standard InChI is InChI=1S/C14H18N2OS3/c1-8(2)13(10-5-4-6-19-10)16-12(17)7-11-9(3)15-14(18)20-11/h4-6,8,13H,7H2,1-3H3,(H,15,18)(H,16,17). The Labute approximate surface area is 132 Å². The van der Waals surface area contributed by atoms with E-state index in [1.54, 1.807) is 11.3 Å². The van der Waals surface area contributed by atoms with Gasteiger partial charge in [0.25, 0.3) is 0 Å². The van der Waals surface area contributed by atoms with Gasteiger partial charge in [0.2, 0.25) is 5.91 Å². The van der Waals surface area contributed by atoms with Crippen molar-refractivity contribution >= 4 is 40.8 Å². The molecule has 2 aromatic heterocycles. The molecule has 0 radical (unpaired) electrons. The van der Waals surface area contributed by atoms with Crippen molar-refractivity contribution < 1.29 is 4.79 Å². The van der Waals surface area contributed by atoms with E-state index in [2.05, 4.69) is 30.2 Å². The van der Waals surface area contributed by atoms with Gasteiger partial charge in [-0.2, -0.15) is 0 Å². The first kappa shape index (κ1) is 15.4. The van der Waals surface area contributed by atoms with Crippen LogP contribution < -0.4 is 5.32 Å². The van der Waals surface area contributed by atoms with Crippen molar-refractivity contribution in [2.45, 2.75) is 33.2 Å². The number of hydrogen-bond acceptors (Lipinski definition) is 4. The number of carbonyl (C=O) groups is 1. The van der Waals surface area contributed by atoms with Crippen molar-refractivity contribution in [2.24, 2.45) is 5.92 Å². The monoisotopic (exact) mass is 326 g/mol. The van der Waals surface area contributed by atoms with Crippen LogP contribution in [0.15, 0.2) is 17.5 Å². The Morgan fingerprint density at radius 2 is 2.25 bits per heavy atom. The number of hydrogen-bond donors (Lipinski definition) is 2. The highest BCUT2D eigenvalue weighted by Crippen LogP contribution is 2.26. The van der Waals surface area contributed by atoms with E-state index in [1.165, 1.54) is 16.2 Å². The van der Waals surface area contributed by atoms with Crippen LogP contribution in [0.3, 0.4) is 0 Å². The molecule has 2 N–H and O–H groups in total. The average molecular weight is 327 g/mol. The minimum absolute atomic E-state index is 0.0467. The maximum Gasteiger partial charge on any atom is 0.225 e. The highest BCUT2D eigenvalue weighted by molar-refractivity contribution is 7.73. The van der Waals surface area contributed by atoms with Crippen LogP contribution in [0.5, 0.6) is 0 Å². The molecule has 3 nitrogen and oxygen atoms in total. The molecule has 2 aromatic rings. The lowest BCUT2D eigenvalue weighted by atomic mass is 10.0. The smallest absolute Gasteiger partial charge is 0.225 e. The molecule has 0 aliphatic heterocycles. The third-order valence-electron chi connectivity index (χ3n) is 3.08. The normalized spacial score (nSPS) is 12.6. The van der Waals surface area contributed by atoms with E-state index in [4.69, 9.17) is 12.2 Å². The maximum atomic E-state index is 12.2. The van der Waals surface area contributed by atoms with E-state index in [0.29, 0.717) is 12.3 Å². The molecule has 0 fully saturated rings. The molecular formula is C14H18N2OS3. The SMILES string of the molecule is Cc1[nH]c(=S)sc1CC(=O)NC(c1cccs1)C(C)C. The number of aryl methyl sites for hydroxylation is 1. The summed E-state index contributed by atoms with van der Waals surface area (Å²) in [6.07, 6.45) is 0.387. The number of aromatic amines is 1. The second kappa shape index (κ2) is 6.65. The zero-order valence-corrected chi connectivity index (χ0v) is 14.2. The predicted molar refractivity (Wildman–Crippen MR) is 88.0 cm³/mol. The van der Waals surface area contributed by atoms with Crippen molar-refractivity contribution in [1.82, 2.24) is 10.3 Å². The van der Waals surface area contributed by atoms with Gasteiger partial charge in [-0.3, -0.25) is 4.79 Å². The molecule has 108 valence electrons. The first-order valence-corrected chi connectivity index (χ1v) is 8.59. The number of thiophene rings is 1. The molecule has 1 atom stereocenters. The van der Waals surface area contributed by atoms with Crippen molar-refractivity contribution in [1.29, 1.82) is 0 Å². The molecule has 20 heavy (non-hydrogen) atoms. The summed E-state index contributed by atoms with van der Waals surface area (Å²) in [4.78, 5) is 17.5. The summed E-state index contributed by atoms with van der Waals surface area (Å²) < 4.78 is 0.726. The van der Waals surface area contributed by atoms with Crippen LogP contribution in [-0.2, 0) is 11.2 Å². The lowest BCUT2D eigenvalue weighted by Gasteiger charge is -2.21. The molecule has 1 amide bonds. The Bertz CT molecular complexity index is 625. The van der Waals surface area contributed by atoms with Crippen molar-refractivity contribution in [3.05, 3.63) is 36.9 Å². The first-order chi connectivity index (χ1) is 9.47. The van der Waals surface area contributed by atoms with Crippen LogP contribution in [0.2, 0.25) is 0 Å². The number of H-pyrrole nitrogens is 1. The summed E-state index contributed by atoms with van der Waals surface area (Å²) in [5, 5.41) is 5.17. The van der Waals surface area contributed by atoms with Crippen LogP contribution in [0.1, 0.15) is 35.3 Å². The minimum Gasteiger partial charge on any atom is -0.348 e. The fraction of sp³-hybridized carbons (Fsp3) is 0.429. The van der Waals surface area contributed by atoms with Crippen molar-refractivity contribution in [3.8, 4) is 0 Å². The van der Waals surface area contributed by atoms with E-state index in [1.807, 2.05) is 18.4 Å². The second-order valence-corrected chi connectivity index (χ2v) is 7.80. The number of rotatable bonds is 5. The van der Waals surface area contributed by atoms with Gasteiger partial charge in [0.15, 0.2) is 3.95 Å². The molecule has 0 bridgehead atoms. The average Bonchev–Trinajstić information content (AvgIpc) is 2.97. The summed E-state index contributed by atoms with van der Waals surface area (Å²) >= 11 is 8.26. The molecule has 1 unspecified atom stereocenters. The van der Waals surface area contributed by atoms with Gasteiger partial charge in [-0.25, -0.2) is 0 Å². The predicted octanol–water partition coefficient (Wildman–Crippen LogP) is 4.23. The summed E-state index contributed by atoms with van der Waals surface area (Å²) in [7, 11) is 0. The van der Waals surface area contributed by atoms with Gasteiger partial charge < -0.3 is 10.3 Å². The highest BCUT2D eigenvalue weighted by Gasteiger charge is 2.20. The summed E-state index contributed by atoms with van der Waals surface area (Å²) in [5.74, 6) is 0.411. The third kappa shape index (κ3) is 3.77. The van der Waals surface area contributed by atoms with E-state index in [-0.39, 0.29) is 11.9 Å². The third-order valence-corrected chi connectivity index (χ3v) is 5.37. The lowest BCUT2D eigenvalue weighted by molar-refractivity contribution is -0.121. The van der Waals surface area contributed by atoms with E-state index in [9.17, 15) is 4.79 Å². The van der Waals surface area contributed by atoms with Crippen molar-refractivity contribution in [3.63, 3.8) is 0 Å². The van der Waals surface area contributed by atoms with Crippen LogP contribution in [0, 0.1) is 16.8 Å². The van der Waals surface area contributed by atoms with E-state index < -0.39 is 0 Å². The molecule has 0 spiro atoms. The summed E-state index contributed by atoms with van der Waals surface area (Å²) in [6.45, 7) is 6.19. The molecule has 0 aliphatic carbocycles. The van der Waals surface area contributed by atoms with Crippen LogP contribution in [0.4, 0.5) is 0 Å². The van der Waals surface area contributed by atoms with Crippen LogP contribution in [-0.4, -0.2) is 10.9 Å². The van der Waals surface area contributed by atoms with Gasteiger partial charge in [0.05, 0.1) is 12.5 Å².